The summed E-state index contributed by atoms with van der Waals surface area (Å²) in [5.41, 5.74) is -3.97. The summed E-state index contributed by atoms with van der Waals surface area (Å²) >= 11 is 5.18. The van der Waals surface area contributed by atoms with Crippen LogP contribution < -0.4 is 0 Å². The molecule has 16 heteroatoms. The number of hydrogen-bond acceptors (Lipinski definition) is 9. The molecule has 1 fully saturated rings. The molecule has 3 heterocycles. The monoisotopic (exact) mass is 573 g/mol. The van der Waals surface area contributed by atoms with Crippen molar-refractivity contribution in [2.24, 2.45) is 0 Å². The van der Waals surface area contributed by atoms with Crippen molar-refractivity contribution in [2.45, 2.75) is 88.5 Å². The molecule has 10 nitrogen and oxygen atoms in total. The zero-order valence-corrected chi connectivity index (χ0v) is 22.0. The largest absolute Gasteiger partial charge is 0.438 e. The van der Waals surface area contributed by atoms with Crippen LogP contribution >= 0.6 is 19.8 Å². The summed E-state index contributed by atoms with van der Waals surface area (Å²) in [6.45, 7) is 5.80. The smallest absolute Gasteiger partial charge is 0.388 e. The van der Waals surface area contributed by atoms with E-state index in [-0.39, 0.29) is 35.0 Å². The molecule has 5 N–H and O–H groups in total. The van der Waals surface area contributed by atoms with Gasteiger partial charge in [0.05, 0.1) is 11.7 Å². The topological polar surface area (TPSA) is 158 Å². The van der Waals surface area contributed by atoms with Crippen molar-refractivity contribution in [2.75, 3.05) is 0 Å². The number of nitrogens with zero attached hydrogens (tertiary/aromatic N) is 2. The number of H-pyrrole nitrogens is 1. The van der Waals surface area contributed by atoms with E-state index in [4.69, 9.17) is 21.5 Å². The van der Waals surface area contributed by atoms with Gasteiger partial charge in [-0.1, -0.05) is 26.1 Å². The first-order valence-electron chi connectivity index (χ1n) is 11.3. The summed E-state index contributed by atoms with van der Waals surface area (Å²) in [6.07, 6.45) is -10.7. The van der Waals surface area contributed by atoms with E-state index in [9.17, 15) is 42.3 Å². The third-order valence-electron chi connectivity index (χ3n) is 6.61. The number of nitrogens with one attached hydrogen (secondary N) is 1. The van der Waals surface area contributed by atoms with E-state index in [1.807, 2.05) is 0 Å². The van der Waals surface area contributed by atoms with E-state index < -0.39 is 66.4 Å². The first-order chi connectivity index (χ1) is 16.9. The number of aromatic nitrogens is 3. The van der Waals surface area contributed by atoms with Crippen LogP contribution in [-0.4, -0.2) is 64.4 Å². The number of rotatable bonds is 8. The zero-order valence-electron chi connectivity index (χ0n) is 20.3. The summed E-state index contributed by atoms with van der Waals surface area (Å²) in [7, 11) is -4.55. The van der Waals surface area contributed by atoms with Crippen molar-refractivity contribution < 1.29 is 51.6 Å². The second kappa shape index (κ2) is 10.2. The number of hydrogen-bond donors (Lipinski definition) is 5. The van der Waals surface area contributed by atoms with Gasteiger partial charge in [-0.15, -0.1) is 0 Å². The molecule has 2 aromatic heterocycles. The van der Waals surface area contributed by atoms with Gasteiger partial charge in [-0.05, 0) is 32.8 Å². The molecular formula is C21H28F4N3O7PS. The SMILES string of the molecule is CCC(C)(CC1OC(c2cc3nc(F)c(C(F)(F)F)nc3[nH]c2=S)C(O)C1O)OP(=O)(O)C(C)(O)CC. The summed E-state index contributed by atoms with van der Waals surface area (Å²) < 4.78 is 76.7. The lowest BCUT2D eigenvalue weighted by molar-refractivity contribution is -0.143. The van der Waals surface area contributed by atoms with E-state index in [1.54, 1.807) is 6.92 Å². The standard InChI is InChI=1S/C21H28F4N3O7PS/c1-5-19(3,35-36(32,33)20(4,31)6-2)8-11-12(29)13(30)14(34-11)9-7-10-17(28-18(9)37)27-15(16(22)26-10)21(23,24)25/h7,11-14,29-31H,5-6,8H2,1-4H3,(H,32,33)(H,27,28,37). The predicted molar refractivity (Wildman–Crippen MR) is 124 cm³/mol. The van der Waals surface area contributed by atoms with Crippen LogP contribution in [0.5, 0.6) is 0 Å². The van der Waals surface area contributed by atoms with Crippen LogP contribution in [0.3, 0.4) is 0 Å². The highest BCUT2D eigenvalue weighted by Gasteiger charge is 2.50. The molecule has 37 heavy (non-hydrogen) atoms. The molecule has 1 aliphatic heterocycles. The first kappa shape index (κ1) is 30.0. The van der Waals surface area contributed by atoms with Crippen LogP contribution in [0, 0.1) is 10.6 Å². The quantitative estimate of drug-likeness (QED) is 0.178. The Hall–Kier alpha value is -1.58. The average molecular weight is 574 g/mol. The minimum atomic E-state index is -5.08. The Morgan fingerprint density at radius 3 is 2.35 bits per heavy atom. The third kappa shape index (κ3) is 5.88. The van der Waals surface area contributed by atoms with E-state index in [0.717, 1.165) is 13.0 Å². The number of aliphatic hydroxyl groups is 3. The van der Waals surface area contributed by atoms with Gasteiger partial charge in [0, 0.05) is 12.0 Å². The number of aromatic amines is 1. The van der Waals surface area contributed by atoms with Gasteiger partial charge in [0.25, 0.3) is 0 Å². The van der Waals surface area contributed by atoms with Crippen LogP contribution in [0.4, 0.5) is 17.6 Å². The van der Waals surface area contributed by atoms with Gasteiger partial charge in [0.2, 0.25) is 11.6 Å². The van der Waals surface area contributed by atoms with Crippen molar-refractivity contribution in [1.82, 2.24) is 15.0 Å². The maximum atomic E-state index is 14.0. The molecule has 1 saturated heterocycles. The van der Waals surface area contributed by atoms with E-state index in [0.29, 0.717) is 0 Å². The van der Waals surface area contributed by atoms with Gasteiger partial charge in [-0.3, -0.25) is 4.57 Å². The number of pyridine rings is 1. The predicted octanol–water partition coefficient (Wildman–Crippen LogP) is 3.89. The van der Waals surface area contributed by atoms with Crippen molar-refractivity contribution in [3.63, 3.8) is 0 Å². The Labute approximate surface area is 214 Å². The van der Waals surface area contributed by atoms with Gasteiger partial charge in [0.1, 0.15) is 28.5 Å². The molecule has 0 aliphatic carbocycles. The Bertz CT molecular complexity index is 1280. The summed E-state index contributed by atoms with van der Waals surface area (Å²) in [5, 5.41) is 29.6. The van der Waals surface area contributed by atoms with Gasteiger partial charge >= 0.3 is 13.8 Å². The van der Waals surface area contributed by atoms with E-state index in [1.165, 1.54) is 13.8 Å². The molecule has 0 bridgehead atoms. The van der Waals surface area contributed by atoms with Crippen LogP contribution in [0.25, 0.3) is 11.2 Å². The highest BCUT2D eigenvalue weighted by Crippen LogP contribution is 2.59. The van der Waals surface area contributed by atoms with Gasteiger partial charge in [-0.2, -0.15) is 17.6 Å². The number of halogens is 4. The van der Waals surface area contributed by atoms with Gasteiger partial charge in [-0.25, -0.2) is 9.97 Å². The van der Waals surface area contributed by atoms with E-state index >= 15 is 0 Å². The van der Waals surface area contributed by atoms with Crippen molar-refractivity contribution in [3.8, 4) is 0 Å². The first-order valence-corrected chi connectivity index (χ1v) is 13.3. The molecule has 7 atom stereocenters. The fraction of sp³-hybridized carbons (Fsp3) is 0.667. The fourth-order valence-electron chi connectivity index (χ4n) is 3.85. The Morgan fingerprint density at radius 1 is 1.19 bits per heavy atom. The summed E-state index contributed by atoms with van der Waals surface area (Å²) in [5.74, 6) is -1.85. The maximum absolute atomic E-state index is 14.0. The average Bonchev–Trinajstić information content (AvgIpc) is 3.05. The van der Waals surface area contributed by atoms with Crippen LogP contribution in [0.1, 0.15) is 64.3 Å². The zero-order chi connectivity index (χ0) is 28.1. The second-order valence-corrected chi connectivity index (χ2v) is 12.0. The molecule has 208 valence electrons. The van der Waals surface area contributed by atoms with E-state index in [2.05, 4.69) is 15.0 Å². The summed E-state index contributed by atoms with van der Waals surface area (Å²) in [4.78, 5) is 19.3. The highest BCUT2D eigenvalue weighted by atomic mass is 32.1. The Kier molecular flexibility index (Phi) is 8.25. The lowest BCUT2D eigenvalue weighted by Crippen LogP contribution is -2.40. The highest BCUT2D eigenvalue weighted by molar-refractivity contribution is 7.71. The molecule has 0 saturated carbocycles. The summed E-state index contributed by atoms with van der Waals surface area (Å²) in [6, 6.07) is 1.10. The maximum Gasteiger partial charge on any atom is 0.438 e. The molecule has 7 unspecified atom stereocenters. The molecule has 2 aromatic rings. The molecule has 1 aliphatic rings. The van der Waals surface area contributed by atoms with Crippen molar-refractivity contribution in [3.05, 3.63) is 27.9 Å². The van der Waals surface area contributed by atoms with Crippen LogP contribution in [0.15, 0.2) is 6.07 Å². The van der Waals surface area contributed by atoms with Crippen LogP contribution in [0.2, 0.25) is 0 Å². The lowest BCUT2D eigenvalue weighted by Gasteiger charge is -2.37. The number of fused-ring (bicyclic) bond motifs is 1. The fourth-order valence-corrected chi connectivity index (χ4v) is 5.52. The van der Waals surface area contributed by atoms with Gasteiger partial charge in [0.15, 0.2) is 11.0 Å². The lowest BCUT2D eigenvalue weighted by atomic mass is 9.92. The molecule has 0 amide bonds. The molecule has 0 radical (unpaired) electrons. The minimum absolute atomic E-state index is 0.00544. The molecule has 3 rings (SSSR count). The number of aliphatic hydroxyl groups excluding tert-OH is 2. The minimum Gasteiger partial charge on any atom is -0.388 e. The van der Waals surface area contributed by atoms with Crippen LogP contribution in [-0.2, 0) is 20.0 Å². The third-order valence-corrected chi connectivity index (χ3v) is 9.17. The second-order valence-electron chi connectivity index (χ2n) is 9.41. The number of ether oxygens (including phenoxy) is 1. The molecule has 0 aromatic carbocycles. The van der Waals surface area contributed by atoms with Crippen molar-refractivity contribution in [1.29, 1.82) is 0 Å². The Balaban J connectivity index is 1.91. The van der Waals surface area contributed by atoms with Crippen molar-refractivity contribution >= 4 is 31.0 Å². The molecule has 0 spiro atoms. The Morgan fingerprint density at radius 2 is 1.81 bits per heavy atom. The molecular weight excluding hydrogens is 545 g/mol. The number of alkyl halides is 3. The van der Waals surface area contributed by atoms with Gasteiger partial charge < -0.3 is 34.5 Å². The normalized spacial score (nSPS) is 27.6.